The van der Waals surface area contributed by atoms with Crippen molar-refractivity contribution in [2.75, 3.05) is 6.54 Å². The third kappa shape index (κ3) is 4.66. The Kier molecular flexibility index (Phi) is 6.20. The van der Waals surface area contributed by atoms with E-state index >= 15 is 0 Å². The number of thiophene rings is 1. The van der Waals surface area contributed by atoms with Gasteiger partial charge in [-0.25, -0.2) is 13.1 Å². The summed E-state index contributed by atoms with van der Waals surface area (Å²) in [6.45, 7) is 2.45. The standard InChI is InChI=1S/C25H31NO5S2/c1-2-3-17-18(24(29)23(17)28)10-15-6-9-21-19(11-15)25(33(30,31)26-13-14-4-5-14)22(32-21)12-20(27)16-7-8-16/h14-16,26H,2-13H2,1H3. The maximum absolute atomic E-state index is 13.4. The molecule has 1 heterocycles. The molecule has 1 aromatic heterocycles. The van der Waals surface area contributed by atoms with Crippen LogP contribution < -0.4 is 15.6 Å². The summed E-state index contributed by atoms with van der Waals surface area (Å²) in [7, 11) is -3.70. The molecule has 2 aromatic rings. The highest BCUT2D eigenvalue weighted by Gasteiger charge is 2.37. The van der Waals surface area contributed by atoms with E-state index in [1.165, 1.54) is 11.3 Å². The van der Waals surface area contributed by atoms with Crippen molar-refractivity contribution in [3.05, 3.63) is 46.9 Å². The molecule has 0 saturated heterocycles. The molecule has 2 saturated carbocycles. The summed E-state index contributed by atoms with van der Waals surface area (Å²) in [5, 5.41) is 0. The maximum atomic E-state index is 13.4. The van der Waals surface area contributed by atoms with Crippen molar-refractivity contribution in [2.24, 2.45) is 17.8 Å². The Morgan fingerprint density at radius 3 is 2.42 bits per heavy atom. The van der Waals surface area contributed by atoms with E-state index < -0.39 is 10.0 Å². The lowest BCUT2D eigenvalue weighted by Crippen LogP contribution is -2.41. The molecule has 6 nitrogen and oxygen atoms in total. The molecule has 0 amide bonds. The Balaban J connectivity index is 1.43. The van der Waals surface area contributed by atoms with Crippen LogP contribution in [0.3, 0.4) is 0 Å². The second kappa shape index (κ2) is 8.86. The molecule has 3 aliphatic carbocycles. The first-order chi connectivity index (χ1) is 15.8. The van der Waals surface area contributed by atoms with E-state index in [4.69, 9.17) is 0 Å². The third-order valence-electron chi connectivity index (χ3n) is 7.39. The van der Waals surface area contributed by atoms with Gasteiger partial charge in [-0.3, -0.25) is 14.4 Å². The molecule has 1 atom stereocenters. The van der Waals surface area contributed by atoms with Gasteiger partial charge in [-0.05, 0) is 75.2 Å². The first-order valence-electron chi connectivity index (χ1n) is 12.2. The minimum absolute atomic E-state index is 0.0953. The molecule has 178 valence electrons. The van der Waals surface area contributed by atoms with Crippen LogP contribution in [0.15, 0.2) is 14.5 Å². The average molecular weight is 490 g/mol. The number of aryl methyl sites for hydroxylation is 1. The molecule has 0 spiro atoms. The zero-order valence-electron chi connectivity index (χ0n) is 19.1. The van der Waals surface area contributed by atoms with Crippen LogP contribution in [0.5, 0.6) is 0 Å². The first kappa shape index (κ1) is 23.1. The maximum Gasteiger partial charge on any atom is 0.241 e. The molecule has 0 radical (unpaired) electrons. The molecule has 1 aromatic carbocycles. The molecular formula is C25H31NO5S2. The Labute approximate surface area is 198 Å². The zero-order chi connectivity index (χ0) is 23.3. The zero-order valence-corrected chi connectivity index (χ0v) is 20.7. The van der Waals surface area contributed by atoms with Gasteiger partial charge < -0.3 is 0 Å². The lowest BCUT2D eigenvalue weighted by Gasteiger charge is -2.24. The van der Waals surface area contributed by atoms with E-state index in [1.54, 1.807) is 0 Å². The summed E-state index contributed by atoms with van der Waals surface area (Å²) in [6, 6.07) is 0. The predicted molar refractivity (Wildman–Crippen MR) is 128 cm³/mol. The summed E-state index contributed by atoms with van der Waals surface area (Å²) in [5.74, 6) is 0.801. The van der Waals surface area contributed by atoms with Crippen LogP contribution in [-0.4, -0.2) is 20.7 Å². The van der Waals surface area contributed by atoms with Gasteiger partial charge in [0.1, 0.15) is 5.78 Å². The summed E-state index contributed by atoms with van der Waals surface area (Å²) in [4.78, 5) is 38.8. The largest absolute Gasteiger partial charge is 0.299 e. The van der Waals surface area contributed by atoms with Crippen LogP contribution in [0.1, 0.15) is 71.9 Å². The molecule has 8 heteroatoms. The normalized spacial score (nSPS) is 20.8. The molecular weight excluding hydrogens is 458 g/mol. The van der Waals surface area contributed by atoms with Gasteiger partial charge in [0.05, 0.1) is 4.90 Å². The fourth-order valence-corrected chi connectivity index (χ4v) is 8.40. The lowest BCUT2D eigenvalue weighted by molar-refractivity contribution is -0.119. The monoisotopic (exact) mass is 489 g/mol. The number of hydrogen-bond donors (Lipinski definition) is 1. The van der Waals surface area contributed by atoms with Gasteiger partial charge in [-0.1, -0.05) is 13.3 Å². The number of nitrogens with one attached hydrogen (secondary N) is 1. The third-order valence-corrected chi connectivity index (χ3v) is 10.4. The molecule has 3 aliphatic rings. The Morgan fingerprint density at radius 1 is 1.03 bits per heavy atom. The van der Waals surface area contributed by atoms with Gasteiger partial charge in [0, 0.05) is 39.8 Å². The highest BCUT2D eigenvalue weighted by molar-refractivity contribution is 7.89. The van der Waals surface area contributed by atoms with Crippen LogP contribution in [0, 0.1) is 17.8 Å². The van der Waals surface area contributed by atoms with Gasteiger partial charge in [0.15, 0.2) is 0 Å². The number of Topliss-reactive ketones (excluding diaryl/α,β-unsaturated/α-hetero) is 1. The van der Waals surface area contributed by atoms with Gasteiger partial charge in [-0.15, -0.1) is 11.3 Å². The SMILES string of the molecule is CCCc1c(CC2CCc3sc(CC(=O)C4CC4)c(S(=O)(=O)NCC4CC4)c3C2)c(=O)c1=O. The van der Waals surface area contributed by atoms with Gasteiger partial charge in [0.2, 0.25) is 20.9 Å². The van der Waals surface area contributed by atoms with Crippen molar-refractivity contribution in [1.29, 1.82) is 0 Å². The summed E-state index contributed by atoms with van der Waals surface area (Å²) in [6.07, 6.45) is 8.34. The highest BCUT2D eigenvalue weighted by Crippen LogP contribution is 2.42. The van der Waals surface area contributed by atoms with Gasteiger partial charge in [-0.2, -0.15) is 0 Å². The lowest BCUT2D eigenvalue weighted by atomic mass is 9.81. The van der Waals surface area contributed by atoms with Crippen molar-refractivity contribution >= 4 is 27.1 Å². The fourth-order valence-electron chi connectivity index (χ4n) is 5.12. The number of carbonyl (C=O) groups excluding carboxylic acids is 1. The average Bonchev–Trinajstić information content (AvgIpc) is 3.70. The predicted octanol–water partition coefficient (Wildman–Crippen LogP) is 2.85. The number of fused-ring (bicyclic) bond motifs is 1. The minimum Gasteiger partial charge on any atom is -0.299 e. The van der Waals surface area contributed by atoms with Crippen LogP contribution in [0.4, 0.5) is 0 Å². The van der Waals surface area contributed by atoms with E-state index in [0.29, 0.717) is 52.6 Å². The first-order valence-corrected chi connectivity index (χ1v) is 14.5. The summed E-state index contributed by atoms with van der Waals surface area (Å²) < 4.78 is 29.6. The van der Waals surface area contributed by atoms with Crippen LogP contribution in [0.25, 0.3) is 0 Å². The molecule has 1 unspecified atom stereocenters. The summed E-state index contributed by atoms with van der Waals surface area (Å²) in [5.41, 5.74) is 1.48. The van der Waals surface area contributed by atoms with Crippen molar-refractivity contribution in [2.45, 2.75) is 82.4 Å². The van der Waals surface area contributed by atoms with E-state index in [9.17, 15) is 22.8 Å². The van der Waals surface area contributed by atoms with Crippen molar-refractivity contribution in [1.82, 2.24) is 4.72 Å². The Morgan fingerprint density at radius 2 is 1.76 bits per heavy atom. The van der Waals surface area contributed by atoms with Crippen molar-refractivity contribution in [3.8, 4) is 0 Å². The Hall–Kier alpha value is -1.64. The molecule has 2 fully saturated rings. The van der Waals surface area contributed by atoms with Crippen LogP contribution >= 0.6 is 11.3 Å². The quantitative estimate of drug-likeness (QED) is 0.490. The minimum atomic E-state index is -3.70. The molecule has 1 N–H and O–H groups in total. The van der Waals surface area contributed by atoms with Crippen LogP contribution in [0.2, 0.25) is 0 Å². The van der Waals surface area contributed by atoms with E-state index in [-0.39, 0.29) is 34.9 Å². The molecule has 5 rings (SSSR count). The number of carbonyl (C=O) groups is 1. The van der Waals surface area contributed by atoms with E-state index in [2.05, 4.69) is 4.72 Å². The van der Waals surface area contributed by atoms with Crippen LogP contribution in [-0.2, 0) is 46.9 Å². The number of ketones is 1. The smallest absolute Gasteiger partial charge is 0.241 e. The van der Waals surface area contributed by atoms with E-state index in [0.717, 1.165) is 55.4 Å². The number of hydrogen-bond acceptors (Lipinski definition) is 6. The molecule has 0 aliphatic heterocycles. The highest BCUT2D eigenvalue weighted by atomic mass is 32.2. The topological polar surface area (TPSA) is 97.4 Å². The van der Waals surface area contributed by atoms with E-state index in [1.807, 2.05) is 6.92 Å². The fraction of sp³-hybridized carbons (Fsp3) is 0.640. The summed E-state index contributed by atoms with van der Waals surface area (Å²) >= 11 is 1.49. The number of rotatable bonds is 11. The second-order valence-corrected chi connectivity index (χ2v) is 13.0. The second-order valence-electron chi connectivity index (χ2n) is 10.1. The molecule has 0 bridgehead atoms. The van der Waals surface area contributed by atoms with Gasteiger partial charge in [0.25, 0.3) is 0 Å². The van der Waals surface area contributed by atoms with Crippen molar-refractivity contribution in [3.63, 3.8) is 0 Å². The Bertz CT molecular complexity index is 1260. The van der Waals surface area contributed by atoms with Gasteiger partial charge >= 0.3 is 0 Å². The molecule has 33 heavy (non-hydrogen) atoms. The number of sulfonamides is 1. The van der Waals surface area contributed by atoms with Crippen molar-refractivity contribution < 1.29 is 13.2 Å².